The lowest BCUT2D eigenvalue weighted by atomic mass is 10.2. The Labute approximate surface area is 160 Å². The van der Waals surface area contributed by atoms with E-state index in [4.69, 9.17) is 0 Å². The molecule has 4 rings (SSSR count). The first-order valence-corrected chi connectivity index (χ1v) is 10.3. The van der Waals surface area contributed by atoms with Crippen molar-refractivity contribution >= 4 is 27.8 Å². The first kappa shape index (κ1) is 17.5. The van der Waals surface area contributed by atoms with Gasteiger partial charge in [0.15, 0.2) is 0 Å². The maximum atomic E-state index is 13.0. The topological polar surface area (TPSA) is 45.2 Å². The van der Waals surface area contributed by atoms with E-state index >= 15 is 0 Å². The van der Waals surface area contributed by atoms with E-state index in [1.54, 1.807) is 34.8 Å². The number of anilines is 1. The molecule has 1 unspecified atom stereocenters. The second-order valence-corrected chi connectivity index (χ2v) is 8.32. The van der Waals surface area contributed by atoms with Gasteiger partial charge < -0.3 is 4.90 Å². The minimum absolute atomic E-state index is 0.212. The van der Waals surface area contributed by atoms with E-state index in [1.807, 2.05) is 11.6 Å². The molecule has 0 radical (unpaired) electrons. The van der Waals surface area contributed by atoms with Crippen LogP contribution in [0.5, 0.6) is 0 Å². The first-order valence-electron chi connectivity index (χ1n) is 8.64. The van der Waals surface area contributed by atoms with Gasteiger partial charge in [0.1, 0.15) is 15.8 Å². The molecule has 26 heavy (non-hydrogen) atoms. The Kier molecular flexibility index (Phi) is 5.23. The fourth-order valence-electron chi connectivity index (χ4n) is 3.12. The van der Waals surface area contributed by atoms with Gasteiger partial charge in [0.05, 0.1) is 6.04 Å². The molecule has 1 saturated heterocycles. The van der Waals surface area contributed by atoms with Crippen molar-refractivity contribution in [2.45, 2.75) is 19.4 Å². The Balaban J connectivity index is 1.35. The van der Waals surface area contributed by atoms with Crippen molar-refractivity contribution in [1.82, 2.24) is 20.1 Å². The van der Waals surface area contributed by atoms with Crippen LogP contribution in [0, 0.1) is 5.82 Å². The summed E-state index contributed by atoms with van der Waals surface area (Å²) in [5, 5.41) is 13.8. The summed E-state index contributed by atoms with van der Waals surface area (Å²) < 4.78 is 13.0. The summed E-state index contributed by atoms with van der Waals surface area (Å²) >= 11 is 3.34. The van der Waals surface area contributed by atoms with E-state index in [0.717, 1.165) is 41.9 Å². The second kappa shape index (κ2) is 7.77. The number of benzene rings is 1. The van der Waals surface area contributed by atoms with Gasteiger partial charge in [-0.3, -0.25) is 4.90 Å². The van der Waals surface area contributed by atoms with Gasteiger partial charge in [-0.2, -0.15) is 0 Å². The van der Waals surface area contributed by atoms with Crippen LogP contribution in [0.2, 0.25) is 0 Å². The van der Waals surface area contributed by atoms with E-state index in [9.17, 15) is 4.39 Å². The van der Waals surface area contributed by atoms with Crippen LogP contribution in [0.1, 0.15) is 28.5 Å². The predicted molar refractivity (Wildman–Crippen MR) is 103 cm³/mol. The van der Waals surface area contributed by atoms with Crippen LogP contribution in [0.3, 0.4) is 0 Å². The fourth-order valence-corrected chi connectivity index (χ4v) is 4.77. The lowest BCUT2D eigenvalue weighted by molar-refractivity contribution is 0.198. The minimum Gasteiger partial charge on any atom is -0.344 e. The maximum Gasteiger partial charge on any atom is 0.208 e. The van der Waals surface area contributed by atoms with Crippen molar-refractivity contribution in [3.63, 3.8) is 0 Å². The number of thiazole rings is 1. The molecule has 1 aromatic carbocycles. The summed E-state index contributed by atoms with van der Waals surface area (Å²) in [4.78, 5) is 9.21. The molecule has 8 heteroatoms. The molecule has 1 aliphatic heterocycles. The lowest BCUT2D eigenvalue weighted by Crippen LogP contribution is -2.47. The van der Waals surface area contributed by atoms with Crippen LogP contribution in [-0.2, 0) is 6.42 Å². The molecule has 0 spiro atoms. The Hall–Kier alpha value is -1.90. The zero-order valence-corrected chi connectivity index (χ0v) is 16.1. The van der Waals surface area contributed by atoms with E-state index in [1.165, 1.54) is 17.1 Å². The number of hydrogen-bond acceptors (Lipinski definition) is 7. The van der Waals surface area contributed by atoms with Crippen molar-refractivity contribution in [1.29, 1.82) is 0 Å². The summed E-state index contributed by atoms with van der Waals surface area (Å²) in [7, 11) is 0. The van der Waals surface area contributed by atoms with E-state index in [-0.39, 0.29) is 5.82 Å². The molecule has 1 aliphatic rings. The lowest BCUT2D eigenvalue weighted by Gasteiger charge is -2.37. The Morgan fingerprint density at radius 3 is 2.58 bits per heavy atom. The van der Waals surface area contributed by atoms with Gasteiger partial charge in [-0.1, -0.05) is 23.5 Å². The standard InChI is InChI=1S/C18H20FN5S2/c1-13(17-20-6-11-25-17)23-7-9-24(10-8-23)18-22-21-16(26-18)12-14-2-4-15(19)5-3-14/h2-6,11,13H,7-10,12H2,1H3. The third-order valence-corrected chi connectivity index (χ3v) is 6.60. The monoisotopic (exact) mass is 389 g/mol. The van der Waals surface area contributed by atoms with Crippen molar-refractivity contribution in [3.05, 3.63) is 57.2 Å². The summed E-state index contributed by atoms with van der Waals surface area (Å²) in [5.41, 5.74) is 1.05. The highest BCUT2D eigenvalue weighted by Crippen LogP contribution is 2.27. The number of halogens is 1. The van der Waals surface area contributed by atoms with Crippen molar-refractivity contribution in [3.8, 4) is 0 Å². The molecular weight excluding hydrogens is 369 g/mol. The Bertz CT molecular complexity index is 826. The van der Waals surface area contributed by atoms with Crippen molar-refractivity contribution in [2.24, 2.45) is 0 Å². The van der Waals surface area contributed by atoms with Gasteiger partial charge in [-0.05, 0) is 24.6 Å². The number of nitrogens with zero attached hydrogens (tertiary/aromatic N) is 5. The molecule has 2 aromatic heterocycles. The molecule has 1 fully saturated rings. The SMILES string of the molecule is CC(c1nccs1)N1CCN(c2nnc(Cc3ccc(F)cc3)s2)CC1. The zero-order valence-electron chi connectivity index (χ0n) is 14.5. The summed E-state index contributed by atoms with van der Waals surface area (Å²) in [5.74, 6) is -0.212. The van der Waals surface area contributed by atoms with Crippen LogP contribution in [0.25, 0.3) is 0 Å². The van der Waals surface area contributed by atoms with E-state index in [2.05, 4.69) is 31.9 Å². The van der Waals surface area contributed by atoms with Crippen LogP contribution in [-0.4, -0.2) is 46.3 Å². The maximum absolute atomic E-state index is 13.0. The fraction of sp³-hybridized carbons (Fsp3) is 0.389. The number of hydrogen-bond donors (Lipinski definition) is 0. The number of rotatable bonds is 5. The third kappa shape index (κ3) is 3.92. The quantitative estimate of drug-likeness (QED) is 0.667. The zero-order chi connectivity index (χ0) is 17.9. The predicted octanol–water partition coefficient (Wildman–Crippen LogP) is 3.61. The largest absolute Gasteiger partial charge is 0.344 e. The van der Waals surface area contributed by atoms with Crippen LogP contribution < -0.4 is 4.90 Å². The summed E-state index contributed by atoms with van der Waals surface area (Å²) in [6.07, 6.45) is 2.57. The molecule has 0 N–H and O–H groups in total. The first-order chi connectivity index (χ1) is 12.7. The number of piperazine rings is 1. The van der Waals surface area contributed by atoms with Crippen LogP contribution in [0.15, 0.2) is 35.8 Å². The average Bonchev–Trinajstić information content (AvgIpc) is 3.35. The molecule has 0 saturated carbocycles. The molecule has 0 amide bonds. The van der Waals surface area contributed by atoms with Crippen LogP contribution in [0.4, 0.5) is 9.52 Å². The molecule has 1 atom stereocenters. The van der Waals surface area contributed by atoms with Gasteiger partial charge in [-0.15, -0.1) is 21.5 Å². The average molecular weight is 390 g/mol. The highest BCUT2D eigenvalue weighted by Gasteiger charge is 2.25. The molecule has 0 aliphatic carbocycles. The molecule has 3 aromatic rings. The van der Waals surface area contributed by atoms with E-state index in [0.29, 0.717) is 12.5 Å². The molecule has 3 heterocycles. The summed E-state index contributed by atoms with van der Waals surface area (Å²) in [6, 6.07) is 6.94. The Morgan fingerprint density at radius 2 is 1.88 bits per heavy atom. The molecule has 5 nitrogen and oxygen atoms in total. The molecule has 136 valence electrons. The number of aromatic nitrogens is 3. The highest BCUT2D eigenvalue weighted by atomic mass is 32.1. The Morgan fingerprint density at radius 1 is 1.12 bits per heavy atom. The smallest absolute Gasteiger partial charge is 0.208 e. The minimum atomic E-state index is -0.212. The summed E-state index contributed by atoms with van der Waals surface area (Å²) in [6.45, 7) is 6.10. The third-order valence-electron chi connectivity index (χ3n) is 4.67. The van der Waals surface area contributed by atoms with E-state index < -0.39 is 0 Å². The van der Waals surface area contributed by atoms with Crippen molar-refractivity contribution in [2.75, 3.05) is 31.1 Å². The highest BCUT2D eigenvalue weighted by molar-refractivity contribution is 7.15. The molecular formula is C18H20FN5S2. The second-order valence-electron chi connectivity index (χ2n) is 6.35. The van der Waals surface area contributed by atoms with Gasteiger partial charge >= 0.3 is 0 Å². The van der Waals surface area contributed by atoms with Gasteiger partial charge in [0.2, 0.25) is 5.13 Å². The van der Waals surface area contributed by atoms with Crippen molar-refractivity contribution < 1.29 is 4.39 Å². The van der Waals surface area contributed by atoms with Gasteiger partial charge in [0, 0.05) is 44.2 Å². The normalized spacial score (nSPS) is 16.8. The van der Waals surface area contributed by atoms with Gasteiger partial charge in [0.25, 0.3) is 0 Å². The molecule has 0 bridgehead atoms. The van der Waals surface area contributed by atoms with Gasteiger partial charge in [-0.25, -0.2) is 9.37 Å². The van der Waals surface area contributed by atoms with Crippen LogP contribution >= 0.6 is 22.7 Å².